The lowest BCUT2D eigenvalue weighted by Gasteiger charge is -2.34. The molecule has 3 heterocycles. The number of anilines is 3. The molecule has 0 spiro atoms. The number of benzene rings is 1. The number of rotatable bonds is 6. The molecule has 4 rings (SSSR count). The van der Waals surface area contributed by atoms with Gasteiger partial charge in [0.15, 0.2) is 5.72 Å². The van der Waals surface area contributed by atoms with Crippen LogP contribution in [-0.4, -0.2) is 42.2 Å². The van der Waals surface area contributed by atoms with Gasteiger partial charge < -0.3 is 21.1 Å². The van der Waals surface area contributed by atoms with Crippen LogP contribution >= 0.6 is 0 Å². The minimum Gasteiger partial charge on any atom is -0.398 e. The summed E-state index contributed by atoms with van der Waals surface area (Å²) in [6.07, 6.45) is 7.29. The van der Waals surface area contributed by atoms with E-state index in [4.69, 9.17) is 10.5 Å². The first-order chi connectivity index (χ1) is 15.9. The number of ether oxygens (including phenoxy) is 1. The predicted molar refractivity (Wildman–Crippen MR) is 135 cm³/mol. The molecule has 3 aromatic rings. The molecule has 0 unspecified atom stereocenters. The Labute approximate surface area is 192 Å². The first kappa shape index (κ1) is 22.3. The fourth-order valence-corrected chi connectivity index (χ4v) is 3.91. The minimum absolute atomic E-state index is 0.182. The van der Waals surface area contributed by atoms with Gasteiger partial charge in [-0.3, -0.25) is 14.4 Å². The zero-order valence-electron chi connectivity index (χ0n) is 19.2. The summed E-state index contributed by atoms with van der Waals surface area (Å²) in [5.41, 5.74) is 9.34. The van der Waals surface area contributed by atoms with Gasteiger partial charge in [-0.05, 0) is 55.8 Å². The Morgan fingerprint density at radius 1 is 1.30 bits per heavy atom. The van der Waals surface area contributed by atoms with Crippen molar-refractivity contribution in [3.05, 3.63) is 70.2 Å². The molecule has 8 heteroatoms. The Kier molecular flexibility index (Phi) is 6.02. The van der Waals surface area contributed by atoms with E-state index in [1.807, 2.05) is 56.3 Å². The number of aliphatic imine (C=N–C) groups is 1. The summed E-state index contributed by atoms with van der Waals surface area (Å²) in [4.78, 5) is 22.3. The Hall–Kier alpha value is -3.91. The maximum absolute atomic E-state index is 13.9. The highest BCUT2D eigenvalue weighted by Crippen LogP contribution is 2.33. The van der Waals surface area contributed by atoms with E-state index in [9.17, 15) is 4.79 Å². The van der Waals surface area contributed by atoms with Gasteiger partial charge in [-0.2, -0.15) is 0 Å². The number of fused-ring (bicyclic) bond motifs is 1. The van der Waals surface area contributed by atoms with Crippen LogP contribution in [0.4, 0.5) is 17.3 Å². The van der Waals surface area contributed by atoms with Crippen molar-refractivity contribution in [3.63, 3.8) is 0 Å². The van der Waals surface area contributed by atoms with Gasteiger partial charge in [0.05, 0.1) is 11.9 Å². The topological polar surface area (TPSA) is 107 Å². The van der Waals surface area contributed by atoms with Crippen LogP contribution < -0.4 is 21.9 Å². The molecule has 2 aromatic heterocycles. The first-order valence-corrected chi connectivity index (χ1v) is 10.8. The number of nitrogens with one attached hydrogen (secondary N) is 2. The Morgan fingerprint density at radius 3 is 2.79 bits per heavy atom. The maximum atomic E-state index is 13.9. The van der Waals surface area contributed by atoms with Gasteiger partial charge in [0.25, 0.3) is 5.56 Å². The van der Waals surface area contributed by atoms with Crippen LogP contribution in [0, 0.1) is 0 Å². The maximum Gasteiger partial charge on any atom is 0.264 e. The number of nitrogens with two attached hydrogens (primary N) is 1. The Bertz CT molecular complexity index is 1290. The van der Waals surface area contributed by atoms with Gasteiger partial charge in [-0.1, -0.05) is 12.1 Å². The van der Waals surface area contributed by atoms with Gasteiger partial charge in [-0.25, -0.2) is 4.98 Å². The van der Waals surface area contributed by atoms with Crippen LogP contribution in [0.3, 0.4) is 0 Å². The summed E-state index contributed by atoms with van der Waals surface area (Å²) in [6.45, 7) is 4.39. The number of aromatic nitrogens is 2. The van der Waals surface area contributed by atoms with Gasteiger partial charge >= 0.3 is 0 Å². The average Bonchev–Trinajstić information content (AvgIpc) is 2.81. The van der Waals surface area contributed by atoms with E-state index in [-0.39, 0.29) is 5.56 Å². The summed E-state index contributed by atoms with van der Waals surface area (Å²) in [5, 5.41) is 6.40. The van der Waals surface area contributed by atoms with Crippen molar-refractivity contribution in [1.82, 2.24) is 9.55 Å². The summed E-state index contributed by atoms with van der Waals surface area (Å²) in [7, 11) is 3.49. The fourth-order valence-electron chi connectivity index (χ4n) is 3.91. The molecule has 4 N–H and O–H groups in total. The van der Waals surface area contributed by atoms with Crippen LogP contribution in [0.5, 0.6) is 0 Å². The average molecular weight is 445 g/mol. The number of pyridine rings is 2. The SMILES string of the molecule is CCO[C@@]1(C)C=Cc2cc(-c3ccc(N)c(C=NC)c3)c(=O)n(-c3ccc(NC)nc3)c2N1. The van der Waals surface area contributed by atoms with Crippen LogP contribution in [0.2, 0.25) is 0 Å². The zero-order valence-corrected chi connectivity index (χ0v) is 19.2. The molecule has 0 fully saturated rings. The molecule has 8 nitrogen and oxygen atoms in total. The molecule has 0 saturated carbocycles. The fraction of sp³-hybridized carbons (Fsp3) is 0.240. The number of nitrogen functional groups attached to an aromatic ring is 1. The third-order valence-electron chi connectivity index (χ3n) is 5.55. The molecule has 1 aliphatic rings. The van der Waals surface area contributed by atoms with Crippen LogP contribution in [-0.2, 0) is 4.74 Å². The quantitative estimate of drug-likeness (QED) is 0.395. The van der Waals surface area contributed by atoms with Gasteiger partial charge in [0, 0.05) is 49.3 Å². The van der Waals surface area contributed by atoms with E-state index >= 15 is 0 Å². The van der Waals surface area contributed by atoms with E-state index in [0.717, 1.165) is 16.7 Å². The van der Waals surface area contributed by atoms with E-state index in [2.05, 4.69) is 20.6 Å². The molecule has 0 bridgehead atoms. The van der Waals surface area contributed by atoms with E-state index in [1.165, 1.54) is 0 Å². The highest BCUT2D eigenvalue weighted by atomic mass is 16.5. The first-order valence-electron chi connectivity index (χ1n) is 10.8. The van der Waals surface area contributed by atoms with Gasteiger partial charge in [0.2, 0.25) is 0 Å². The molecule has 33 heavy (non-hydrogen) atoms. The van der Waals surface area contributed by atoms with Crippen molar-refractivity contribution in [2.24, 2.45) is 4.99 Å². The number of hydrogen-bond donors (Lipinski definition) is 3. The second kappa shape index (κ2) is 8.91. The lowest BCUT2D eigenvalue weighted by atomic mass is 9.99. The number of nitrogens with zero attached hydrogens (tertiary/aromatic N) is 3. The van der Waals surface area contributed by atoms with Crippen molar-refractivity contribution in [1.29, 1.82) is 0 Å². The molecule has 0 aliphatic carbocycles. The molecule has 1 aliphatic heterocycles. The smallest absolute Gasteiger partial charge is 0.264 e. The highest BCUT2D eigenvalue weighted by molar-refractivity contribution is 5.89. The summed E-state index contributed by atoms with van der Waals surface area (Å²) >= 11 is 0. The Morgan fingerprint density at radius 2 is 2.12 bits per heavy atom. The lowest BCUT2D eigenvalue weighted by Crippen LogP contribution is -2.40. The van der Waals surface area contributed by atoms with Crippen molar-refractivity contribution < 1.29 is 4.74 Å². The third kappa shape index (κ3) is 4.25. The van der Waals surface area contributed by atoms with Crippen LogP contribution in [0.25, 0.3) is 22.9 Å². The Balaban J connectivity index is 1.97. The summed E-state index contributed by atoms with van der Waals surface area (Å²) in [6, 6.07) is 11.1. The largest absolute Gasteiger partial charge is 0.398 e. The highest BCUT2D eigenvalue weighted by Gasteiger charge is 2.29. The van der Waals surface area contributed by atoms with Crippen LogP contribution in [0.15, 0.2) is 58.5 Å². The second-order valence-electron chi connectivity index (χ2n) is 7.88. The van der Waals surface area contributed by atoms with E-state index < -0.39 is 5.72 Å². The molecule has 0 radical (unpaired) electrons. The second-order valence-corrected chi connectivity index (χ2v) is 7.88. The van der Waals surface area contributed by atoms with Crippen molar-refractivity contribution >= 4 is 29.6 Å². The minimum atomic E-state index is -0.734. The molecular formula is C25H28N6O2. The molecule has 0 amide bonds. The van der Waals surface area contributed by atoms with Crippen molar-refractivity contribution in [2.75, 3.05) is 37.1 Å². The lowest BCUT2D eigenvalue weighted by molar-refractivity contribution is 0.0352. The van der Waals surface area contributed by atoms with Gasteiger partial charge in [0.1, 0.15) is 11.6 Å². The molecule has 0 saturated heterocycles. The predicted octanol–water partition coefficient (Wildman–Crippen LogP) is 3.76. The third-order valence-corrected chi connectivity index (χ3v) is 5.55. The van der Waals surface area contributed by atoms with Crippen molar-refractivity contribution in [2.45, 2.75) is 19.6 Å². The molecule has 1 aromatic carbocycles. The van der Waals surface area contributed by atoms with Crippen LogP contribution in [0.1, 0.15) is 25.0 Å². The van der Waals surface area contributed by atoms with E-state index in [1.54, 1.807) is 37.1 Å². The molecular weight excluding hydrogens is 416 g/mol. The number of hydrogen-bond acceptors (Lipinski definition) is 7. The molecule has 170 valence electrons. The van der Waals surface area contributed by atoms with Crippen molar-refractivity contribution in [3.8, 4) is 16.8 Å². The normalized spacial score (nSPS) is 17.1. The summed E-state index contributed by atoms with van der Waals surface area (Å²) in [5.74, 6) is 1.36. The zero-order chi connectivity index (χ0) is 23.6. The van der Waals surface area contributed by atoms with Gasteiger partial charge in [-0.15, -0.1) is 0 Å². The molecule has 1 atom stereocenters. The van der Waals surface area contributed by atoms with E-state index in [0.29, 0.717) is 35.2 Å². The standard InChI is InChI=1S/C25H28N6O2/c1-5-33-25(2)11-10-17-13-20(16-6-8-21(26)18(12-16)14-27-3)24(32)31(23(17)30-25)19-7-9-22(28-4)29-15-19/h6-15,30H,5,26H2,1-4H3,(H,28,29)/t25-/m0/s1. The monoisotopic (exact) mass is 444 g/mol. The summed E-state index contributed by atoms with van der Waals surface area (Å²) < 4.78 is 7.54.